The molecule has 0 N–H and O–H groups in total. The van der Waals surface area contributed by atoms with E-state index in [4.69, 9.17) is 11.2 Å². The average molecular weight is 266 g/mol. The predicted octanol–water partition coefficient (Wildman–Crippen LogP) is 3.50. The molecule has 0 heterocycles. The van der Waals surface area contributed by atoms with Crippen molar-refractivity contribution < 1.29 is 4.21 Å². The summed E-state index contributed by atoms with van der Waals surface area (Å²) in [7, 11) is -1.22. The Kier molecular flexibility index (Phi) is 3.63. The minimum absolute atomic E-state index is 0.707. The first kappa shape index (κ1) is 11.6. The van der Waals surface area contributed by atoms with Crippen LogP contribution in [0.5, 0.6) is 0 Å². The van der Waals surface area contributed by atoms with E-state index in [0.717, 1.165) is 4.90 Å². The van der Waals surface area contributed by atoms with E-state index in [1.54, 1.807) is 0 Å². The molecule has 0 aromatic heterocycles. The third kappa shape index (κ3) is 2.84. The molecule has 2 aromatic rings. The molecule has 2 aromatic carbocycles. The van der Waals surface area contributed by atoms with E-state index < -0.39 is 7.52 Å². The maximum absolute atomic E-state index is 12.3. The van der Waals surface area contributed by atoms with Crippen molar-refractivity contribution in [3.05, 3.63) is 60.7 Å². The van der Waals surface area contributed by atoms with Gasteiger partial charge in [0, 0.05) is 4.90 Å². The zero-order chi connectivity index (χ0) is 11.4. The fraction of sp³-hybridized carbons (Fsp3) is 0. The second-order valence-corrected chi connectivity index (χ2v) is 9.13. The number of benzene rings is 2. The molecule has 1 unspecified atom stereocenters. The molecule has 0 saturated carbocycles. The minimum atomic E-state index is -2.46. The van der Waals surface area contributed by atoms with Gasteiger partial charge in [-0.05, 0) is 46.2 Å². The van der Waals surface area contributed by atoms with Crippen molar-refractivity contribution >= 4 is 29.5 Å². The van der Waals surface area contributed by atoms with Crippen molar-refractivity contribution in [3.63, 3.8) is 0 Å². The Morgan fingerprint density at radius 3 is 1.94 bits per heavy atom. The lowest BCUT2D eigenvalue weighted by Gasteiger charge is -2.05. The van der Waals surface area contributed by atoms with Crippen LogP contribution >= 0.6 is 10.8 Å². The Balaban J connectivity index is 2.29. The summed E-state index contributed by atoms with van der Waals surface area (Å²) in [6.07, 6.45) is 0. The van der Waals surface area contributed by atoms with Gasteiger partial charge in [-0.2, -0.15) is 0 Å². The van der Waals surface area contributed by atoms with Gasteiger partial charge in [-0.15, -0.1) is 0 Å². The van der Waals surface area contributed by atoms with Crippen molar-refractivity contribution in [3.8, 4) is 0 Å². The van der Waals surface area contributed by atoms with Gasteiger partial charge in [-0.25, -0.2) is 4.21 Å². The van der Waals surface area contributed by atoms with Crippen molar-refractivity contribution in [1.82, 2.24) is 0 Å². The van der Waals surface area contributed by atoms with Gasteiger partial charge in [0.25, 0.3) is 0 Å². The SMILES string of the molecule is O=S(=S)(Sc1ccccc1)c1ccccc1. The maximum Gasteiger partial charge on any atom is 0.115 e. The van der Waals surface area contributed by atoms with Gasteiger partial charge in [0.2, 0.25) is 0 Å². The molecule has 82 valence electrons. The first-order valence-electron chi connectivity index (χ1n) is 4.73. The summed E-state index contributed by atoms with van der Waals surface area (Å²) in [6, 6.07) is 18.8. The fourth-order valence-electron chi connectivity index (χ4n) is 1.24. The Hall–Kier alpha value is -0.840. The predicted molar refractivity (Wildman–Crippen MR) is 72.5 cm³/mol. The summed E-state index contributed by atoms with van der Waals surface area (Å²) < 4.78 is 12.3. The third-order valence-electron chi connectivity index (χ3n) is 1.98. The monoisotopic (exact) mass is 266 g/mol. The van der Waals surface area contributed by atoms with Crippen molar-refractivity contribution in [2.24, 2.45) is 0 Å². The van der Waals surface area contributed by atoms with Gasteiger partial charge in [-0.3, -0.25) is 0 Å². The largest absolute Gasteiger partial charge is 0.240 e. The molecule has 0 saturated heterocycles. The molecule has 4 heteroatoms. The molecular weight excluding hydrogens is 256 g/mol. The Labute approximate surface area is 104 Å². The molecule has 0 amide bonds. The van der Waals surface area contributed by atoms with E-state index in [-0.39, 0.29) is 0 Å². The lowest BCUT2D eigenvalue weighted by molar-refractivity contribution is 0.690. The van der Waals surface area contributed by atoms with Gasteiger partial charge in [-0.1, -0.05) is 36.4 Å². The van der Waals surface area contributed by atoms with E-state index >= 15 is 0 Å². The Bertz CT molecular complexity index is 547. The highest BCUT2D eigenvalue weighted by atomic mass is 33.3. The topological polar surface area (TPSA) is 17.1 Å². The molecule has 0 bridgehead atoms. The quantitative estimate of drug-likeness (QED) is 0.792. The smallest absolute Gasteiger partial charge is 0.115 e. The van der Waals surface area contributed by atoms with Crippen LogP contribution in [-0.4, -0.2) is 4.21 Å². The zero-order valence-electron chi connectivity index (χ0n) is 8.41. The normalized spacial score (nSPS) is 14.2. The Morgan fingerprint density at radius 2 is 1.38 bits per heavy atom. The van der Waals surface area contributed by atoms with Crippen LogP contribution in [0.3, 0.4) is 0 Å². The lowest BCUT2D eigenvalue weighted by atomic mass is 10.4. The number of hydrogen-bond acceptors (Lipinski definition) is 3. The second kappa shape index (κ2) is 4.99. The van der Waals surface area contributed by atoms with Gasteiger partial charge in [0.05, 0.1) is 4.90 Å². The van der Waals surface area contributed by atoms with Gasteiger partial charge >= 0.3 is 0 Å². The summed E-state index contributed by atoms with van der Waals surface area (Å²) >= 11 is 5.18. The van der Waals surface area contributed by atoms with Gasteiger partial charge < -0.3 is 0 Å². The van der Waals surface area contributed by atoms with Crippen LogP contribution in [0.25, 0.3) is 0 Å². The van der Waals surface area contributed by atoms with E-state index in [1.165, 1.54) is 10.8 Å². The van der Waals surface area contributed by atoms with Crippen LogP contribution in [0.2, 0.25) is 0 Å². The van der Waals surface area contributed by atoms with Crippen LogP contribution in [0.1, 0.15) is 0 Å². The van der Waals surface area contributed by atoms with E-state index in [0.29, 0.717) is 4.90 Å². The fourth-order valence-corrected chi connectivity index (χ4v) is 5.10. The highest BCUT2D eigenvalue weighted by Gasteiger charge is 2.11. The Morgan fingerprint density at radius 1 is 0.875 bits per heavy atom. The first-order chi connectivity index (χ1) is 7.68. The van der Waals surface area contributed by atoms with Crippen LogP contribution in [-0.2, 0) is 18.7 Å². The molecule has 1 nitrogen and oxygen atoms in total. The molecule has 2 rings (SSSR count). The molecular formula is C12H10OS3. The highest BCUT2D eigenvalue weighted by Crippen LogP contribution is 2.30. The summed E-state index contributed by atoms with van der Waals surface area (Å²) in [4.78, 5) is 1.64. The summed E-state index contributed by atoms with van der Waals surface area (Å²) in [5.41, 5.74) is 0. The molecule has 0 aliphatic carbocycles. The van der Waals surface area contributed by atoms with Crippen LogP contribution in [0.4, 0.5) is 0 Å². The number of hydrogen-bond donors (Lipinski definition) is 0. The number of rotatable bonds is 3. The average Bonchev–Trinajstić information content (AvgIpc) is 2.31. The summed E-state index contributed by atoms with van der Waals surface area (Å²) in [5.74, 6) is 0. The van der Waals surface area contributed by atoms with Gasteiger partial charge in [0.15, 0.2) is 0 Å². The summed E-state index contributed by atoms with van der Waals surface area (Å²) in [6.45, 7) is 0. The minimum Gasteiger partial charge on any atom is -0.240 e. The lowest BCUT2D eigenvalue weighted by Crippen LogP contribution is -1.92. The molecule has 0 aliphatic heterocycles. The maximum atomic E-state index is 12.3. The van der Waals surface area contributed by atoms with E-state index in [2.05, 4.69) is 0 Å². The molecule has 0 spiro atoms. The summed E-state index contributed by atoms with van der Waals surface area (Å²) in [5, 5.41) is 0. The molecule has 1 atom stereocenters. The van der Waals surface area contributed by atoms with Crippen molar-refractivity contribution in [2.45, 2.75) is 9.79 Å². The second-order valence-electron chi connectivity index (χ2n) is 3.16. The third-order valence-corrected chi connectivity index (χ3v) is 6.52. The van der Waals surface area contributed by atoms with Crippen LogP contribution < -0.4 is 0 Å². The van der Waals surface area contributed by atoms with Crippen molar-refractivity contribution in [1.29, 1.82) is 0 Å². The zero-order valence-corrected chi connectivity index (χ0v) is 10.9. The van der Waals surface area contributed by atoms with Crippen LogP contribution in [0, 0.1) is 0 Å². The van der Waals surface area contributed by atoms with Gasteiger partial charge in [0.1, 0.15) is 7.52 Å². The molecule has 0 fully saturated rings. The van der Waals surface area contributed by atoms with Crippen molar-refractivity contribution in [2.75, 3.05) is 0 Å². The standard InChI is InChI=1S/C12H10OS3/c13-16(14,12-9-5-2-6-10-12)15-11-7-3-1-4-8-11/h1-10H. The van der Waals surface area contributed by atoms with E-state index in [1.807, 2.05) is 60.7 Å². The molecule has 0 radical (unpaired) electrons. The molecule has 16 heavy (non-hydrogen) atoms. The first-order valence-corrected chi connectivity index (χ1v) is 8.55. The van der Waals surface area contributed by atoms with Crippen LogP contribution in [0.15, 0.2) is 70.5 Å². The molecule has 0 aliphatic rings. The highest BCUT2D eigenvalue weighted by molar-refractivity contribution is 8.85. The van der Waals surface area contributed by atoms with E-state index in [9.17, 15) is 4.21 Å².